The van der Waals surface area contributed by atoms with Crippen LogP contribution in [0.4, 0.5) is 8.78 Å². The molecule has 1 fully saturated rings. The molecule has 2 rings (SSSR count). The second-order valence-corrected chi connectivity index (χ2v) is 5.87. The van der Waals surface area contributed by atoms with E-state index in [4.69, 9.17) is 0 Å². The molecule has 1 N–H and O–H groups in total. The first-order chi connectivity index (χ1) is 8.99. The van der Waals surface area contributed by atoms with E-state index in [0.29, 0.717) is 5.75 Å². The lowest BCUT2D eigenvalue weighted by Crippen LogP contribution is -2.34. The number of halogens is 2. The molecule has 2 unspecified atom stereocenters. The normalized spacial score (nSPS) is 20.9. The molecule has 104 valence electrons. The van der Waals surface area contributed by atoms with Gasteiger partial charge in [-0.25, -0.2) is 8.78 Å². The molecule has 1 aromatic rings. The third-order valence-electron chi connectivity index (χ3n) is 2.96. The van der Waals surface area contributed by atoms with Gasteiger partial charge in [-0.3, -0.25) is 14.3 Å². The number of amides is 1. The van der Waals surface area contributed by atoms with Crippen LogP contribution in [0.2, 0.25) is 0 Å². The lowest BCUT2D eigenvalue weighted by atomic mass is 10.1. The molecule has 0 aliphatic carbocycles. The Labute approximate surface area is 112 Å². The fraction of sp³-hybridized carbons (Fsp3) is 0.417. The van der Waals surface area contributed by atoms with Crippen molar-refractivity contribution >= 4 is 16.7 Å². The fourth-order valence-electron chi connectivity index (χ4n) is 2.02. The minimum absolute atomic E-state index is 0.0951. The molecule has 19 heavy (non-hydrogen) atoms. The van der Waals surface area contributed by atoms with E-state index in [9.17, 15) is 17.8 Å². The Balaban J connectivity index is 2.21. The quantitative estimate of drug-likeness (QED) is 0.890. The molecule has 1 saturated heterocycles. The third kappa shape index (κ3) is 3.16. The summed E-state index contributed by atoms with van der Waals surface area (Å²) in [6.07, 6.45) is 0.915. The molecule has 1 heterocycles. The highest BCUT2D eigenvalue weighted by molar-refractivity contribution is 7.84. The van der Waals surface area contributed by atoms with Crippen molar-refractivity contribution in [3.8, 4) is 0 Å². The number of carbonyl (C=O) groups is 1. The van der Waals surface area contributed by atoms with Crippen molar-refractivity contribution in [2.24, 2.45) is 0 Å². The van der Waals surface area contributed by atoms with Crippen molar-refractivity contribution < 1.29 is 17.8 Å². The van der Waals surface area contributed by atoms with E-state index in [2.05, 4.69) is 5.32 Å². The van der Waals surface area contributed by atoms with Crippen LogP contribution in [0.3, 0.4) is 0 Å². The molecule has 0 radical (unpaired) electrons. The topological polar surface area (TPSA) is 49.4 Å². The summed E-state index contributed by atoms with van der Waals surface area (Å²) < 4.78 is 37.7. The molecular formula is C12H14F2N2O2S. The molecule has 1 aromatic carbocycles. The Kier molecular flexibility index (Phi) is 4.26. The predicted octanol–water partition coefficient (Wildman–Crippen LogP) is 0.774. The highest BCUT2D eigenvalue weighted by Gasteiger charge is 2.33. The predicted molar refractivity (Wildman–Crippen MR) is 67.7 cm³/mol. The van der Waals surface area contributed by atoms with Crippen LogP contribution in [-0.2, 0) is 15.6 Å². The maximum absolute atomic E-state index is 13.7. The number of nitrogens with one attached hydrogen (secondary N) is 1. The molecule has 1 aliphatic heterocycles. The lowest BCUT2D eigenvalue weighted by Gasteiger charge is -2.24. The lowest BCUT2D eigenvalue weighted by molar-refractivity contribution is -0.127. The van der Waals surface area contributed by atoms with E-state index in [1.807, 2.05) is 0 Å². The van der Waals surface area contributed by atoms with Gasteiger partial charge in [0.1, 0.15) is 17.8 Å². The highest BCUT2D eigenvalue weighted by atomic mass is 32.2. The van der Waals surface area contributed by atoms with Crippen molar-refractivity contribution in [3.05, 3.63) is 35.4 Å². The Morgan fingerprint density at radius 3 is 2.84 bits per heavy atom. The van der Waals surface area contributed by atoms with Crippen molar-refractivity contribution in [2.75, 3.05) is 25.1 Å². The average molecular weight is 288 g/mol. The van der Waals surface area contributed by atoms with Gasteiger partial charge in [-0.15, -0.1) is 0 Å². The number of carbonyl (C=O) groups excluding carboxylic acids is 1. The van der Waals surface area contributed by atoms with Crippen LogP contribution in [0.5, 0.6) is 0 Å². The molecule has 2 atom stereocenters. The minimum Gasteiger partial charge on any atom is -0.321 e. The van der Waals surface area contributed by atoms with Gasteiger partial charge in [0.2, 0.25) is 5.91 Å². The van der Waals surface area contributed by atoms with Crippen LogP contribution in [-0.4, -0.2) is 40.1 Å². The zero-order chi connectivity index (χ0) is 14.0. The number of rotatable bonds is 4. The Morgan fingerprint density at radius 2 is 2.21 bits per heavy atom. The average Bonchev–Trinajstić information content (AvgIpc) is 2.68. The standard InChI is InChI=1S/C12H14F2N2O2S/c1-19(18)5-4-16-11(17)7-15-12(16)9-3-2-8(13)6-10(9)14/h2-3,6,12,15H,4-5,7H2,1H3. The summed E-state index contributed by atoms with van der Waals surface area (Å²) in [5.74, 6) is -1.21. The minimum atomic E-state index is -1.03. The van der Waals surface area contributed by atoms with Gasteiger partial charge in [0, 0.05) is 41.0 Å². The third-order valence-corrected chi connectivity index (χ3v) is 3.71. The zero-order valence-corrected chi connectivity index (χ0v) is 11.2. The van der Waals surface area contributed by atoms with Gasteiger partial charge in [0.25, 0.3) is 0 Å². The van der Waals surface area contributed by atoms with Gasteiger partial charge < -0.3 is 4.90 Å². The molecule has 0 bridgehead atoms. The van der Waals surface area contributed by atoms with Crippen LogP contribution in [0.1, 0.15) is 11.7 Å². The van der Waals surface area contributed by atoms with Gasteiger partial charge in [0.05, 0.1) is 6.54 Å². The highest BCUT2D eigenvalue weighted by Crippen LogP contribution is 2.25. The van der Waals surface area contributed by atoms with Gasteiger partial charge >= 0.3 is 0 Å². The second kappa shape index (κ2) is 5.75. The van der Waals surface area contributed by atoms with Crippen LogP contribution in [0.15, 0.2) is 18.2 Å². The summed E-state index contributed by atoms with van der Waals surface area (Å²) in [6, 6.07) is 3.26. The second-order valence-electron chi connectivity index (χ2n) is 4.31. The van der Waals surface area contributed by atoms with Crippen molar-refractivity contribution in [2.45, 2.75) is 6.17 Å². The number of hydrogen-bond acceptors (Lipinski definition) is 3. The van der Waals surface area contributed by atoms with Gasteiger partial charge in [-0.2, -0.15) is 0 Å². The fourth-order valence-corrected chi connectivity index (χ4v) is 2.48. The molecule has 1 aliphatic rings. The van der Waals surface area contributed by atoms with Crippen molar-refractivity contribution in [1.82, 2.24) is 10.2 Å². The summed E-state index contributed by atoms with van der Waals surface area (Å²) in [7, 11) is -1.03. The molecule has 0 aromatic heterocycles. The van der Waals surface area contributed by atoms with Gasteiger partial charge in [-0.05, 0) is 12.1 Å². The van der Waals surface area contributed by atoms with Crippen LogP contribution < -0.4 is 5.32 Å². The monoisotopic (exact) mass is 288 g/mol. The van der Waals surface area contributed by atoms with Crippen LogP contribution in [0.25, 0.3) is 0 Å². The number of nitrogens with zero attached hydrogens (tertiary/aromatic N) is 1. The van der Waals surface area contributed by atoms with E-state index in [0.717, 1.165) is 12.1 Å². The maximum atomic E-state index is 13.7. The summed E-state index contributed by atoms with van der Waals surface area (Å²) in [6.45, 7) is 0.369. The van der Waals surface area contributed by atoms with E-state index in [-0.39, 0.29) is 24.6 Å². The van der Waals surface area contributed by atoms with Crippen LogP contribution >= 0.6 is 0 Å². The van der Waals surface area contributed by atoms with Gasteiger partial charge in [0.15, 0.2) is 0 Å². The SMILES string of the molecule is CS(=O)CCN1C(=O)CNC1c1ccc(F)cc1F. The van der Waals surface area contributed by atoms with E-state index in [1.54, 1.807) is 6.26 Å². The number of hydrogen-bond donors (Lipinski definition) is 1. The Bertz CT molecular complexity index is 524. The molecule has 7 heteroatoms. The van der Waals surface area contributed by atoms with Crippen molar-refractivity contribution in [3.63, 3.8) is 0 Å². The maximum Gasteiger partial charge on any atom is 0.238 e. The molecule has 1 amide bonds. The Morgan fingerprint density at radius 1 is 1.47 bits per heavy atom. The first-order valence-electron chi connectivity index (χ1n) is 5.77. The van der Waals surface area contributed by atoms with E-state index >= 15 is 0 Å². The first kappa shape index (κ1) is 14.1. The molecule has 0 spiro atoms. The zero-order valence-electron chi connectivity index (χ0n) is 10.4. The van der Waals surface area contributed by atoms with Gasteiger partial charge in [-0.1, -0.05) is 0 Å². The Hall–Kier alpha value is -1.34. The summed E-state index contributed by atoms with van der Waals surface area (Å²) in [4.78, 5) is 13.1. The summed E-state index contributed by atoms with van der Waals surface area (Å²) in [5, 5.41) is 2.87. The molecular weight excluding hydrogens is 274 g/mol. The largest absolute Gasteiger partial charge is 0.321 e. The van der Waals surface area contributed by atoms with E-state index in [1.165, 1.54) is 11.0 Å². The summed E-state index contributed by atoms with van der Waals surface area (Å²) >= 11 is 0. The first-order valence-corrected chi connectivity index (χ1v) is 7.49. The molecule has 0 saturated carbocycles. The van der Waals surface area contributed by atoms with E-state index < -0.39 is 28.6 Å². The number of benzene rings is 1. The summed E-state index contributed by atoms with van der Waals surface area (Å²) in [5.41, 5.74) is 0.217. The smallest absolute Gasteiger partial charge is 0.238 e. The van der Waals surface area contributed by atoms with Crippen molar-refractivity contribution in [1.29, 1.82) is 0 Å². The van der Waals surface area contributed by atoms with Crippen LogP contribution in [0, 0.1) is 11.6 Å². The molecule has 4 nitrogen and oxygen atoms in total.